The summed E-state index contributed by atoms with van der Waals surface area (Å²) < 4.78 is 20.7. The number of benzene rings is 3. The minimum absolute atomic E-state index is 0.114. The van der Waals surface area contributed by atoms with E-state index in [0.29, 0.717) is 6.42 Å². The monoisotopic (exact) mass is 477 g/mol. The highest BCUT2D eigenvalue weighted by molar-refractivity contribution is 8.01. The van der Waals surface area contributed by atoms with Gasteiger partial charge in [-0.3, -0.25) is 4.79 Å². The number of thioether (sulfide) groups is 1. The summed E-state index contributed by atoms with van der Waals surface area (Å²) in [6.45, 7) is 0. The van der Waals surface area contributed by atoms with Crippen LogP contribution >= 0.6 is 23.1 Å². The lowest BCUT2D eigenvalue weighted by atomic mass is 9.98. The molecule has 0 saturated heterocycles. The van der Waals surface area contributed by atoms with Crippen LogP contribution in [0.15, 0.2) is 82.2 Å². The Morgan fingerprint density at radius 3 is 2.61 bits per heavy atom. The van der Waals surface area contributed by atoms with Crippen molar-refractivity contribution < 1.29 is 13.9 Å². The Kier molecular flexibility index (Phi) is 6.11. The molecular weight excluding hydrogens is 457 g/mol. The molecule has 166 valence electrons. The number of halogens is 1. The number of aromatic nitrogens is 1. The van der Waals surface area contributed by atoms with Crippen LogP contribution in [-0.2, 0) is 4.79 Å². The number of fused-ring (bicyclic) bond motifs is 1. The fourth-order valence-corrected chi connectivity index (χ4v) is 5.67. The Balaban J connectivity index is 1.38. The molecule has 5 nitrogen and oxygen atoms in total. The maximum Gasteiger partial charge on any atom is 0.253 e. The fourth-order valence-electron chi connectivity index (χ4n) is 3.75. The van der Waals surface area contributed by atoms with Crippen molar-refractivity contribution in [3.63, 3.8) is 0 Å². The predicted molar refractivity (Wildman–Crippen MR) is 130 cm³/mol. The van der Waals surface area contributed by atoms with Crippen LogP contribution in [0.3, 0.4) is 0 Å². The van der Waals surface area contributed by atoms with E-state index in [-0.39, 0.29) is 23.5 Å². The van der Waals surface area contributed by atoms with Gasteiger partial charge in [-0.1, -0.05) is 36.0 Å². The largest absolute Gasteiger partial charge is 0.497 e. The number of amides is 1. The number of ether oxygens (including phenoxy) is 1. The van der Waals surface area contributed by atoms with E-state index in [0.717, 1.165) is 37.1 Å². The Labute approximate surface area is 198 Å². The van der Waals surface area contributed by atoms with E-state index in [1.807, 2.05) is 48.5 Å². The summed E-state index contributed by atoms with van der Waals surface area (Å²) in [6.07, 6.45) is 0.551. The molecule has 1 aromatic heterocycles. The van der Waals surface area contributed by atoms with Crippen LogP contribution < -0.4 is 4.74 Å². The van der Waals surface area contributed by atoms with Crippen molar-refractivity contribution in [1.82, 2.24) is 9.99 Å². The van der Waals surface area contributed by atoms with Crippen molar-refractivity contribution in [2.45, 2.75) is 16.8 Å². The Hall–Kier alpha value is -3.23. The maximum absolute atomic E-state index is 13.5. The van der Waals surface area contributed by atoms with Crippen molar-refractivity contribution in [3.8, 4) is 5.75 Å². The standard InChI is InChI=1S/C25H20FN3O2S2/c1-31-19-12-8-16(9-13-19)21-14-22(17-6-10-18(26)11-7-17)29(28-21)24(30)15-32-25-27-20-4-2-3-5-23(20)33-25/h2-13,22H,14-15H2,1H3/t22-/m0/s1. The number of methoxy groups -OCH3 is 1. The average molecular weight is 478 g/mol. The molecule has 3 aromatic carbocycles. The molecule has 0 N–H and O–H groups in total. The van der Waals surface area contributed by atoms with Crippen molar-refractivity contribution in [2.24, 2.45) is 5.10 Å². The van der Waals surface area contributed by atoms with Gasteiger partial charge in [-0.25, -0.2) is 14.4 Å². The number of carbonyl (C=O) groups is 1. The van der Waals surface area contributed by atoms with Gasteiger partial charge in [0.25, 0.3) is 5.91 Å². The zero-order valence-corrected chi connectivity index (χ0v) is 19.4. The molecule has 1 atom stereocenters. The summed E-state index contributed by atoms with van der Waals surface area (Å²) in [5.41, 5.74) is 3.52. The molecule has 0 bridgehead atoms. The second kappa shape index (κ2) is 9.33. The van der Waals surface area contributed by atoms with Crippen LogP contribution in [0.2, 0.25) is 0 Å². The fraction of sp³-hybridized carbons (Fsp3) is 0.160. The second-order valence-corrected chi connectivity index (χ2v) is 9.77. The molecule has 1 aliphatic heterocycles. The average Bonchev–Trinajstić information content (AvgIpc) is 3.48. The van der Waals surface area contributed by atoms with Crippen LogP contribution in [0.4, 0.5) is 4.39 Å². The highest BCUT2D eigenvalue weighted by Gasteiger charge is 2.33. The number of para-hydroxylation sites is 1. The number of nitrogens with zero attached hydrogens (tertiary/aromatic N) is 3. The Morgan fingerprint density at radius 2 is 1.88 bits per heavy atom. The summed E-state index contributed by atoms with van der Waals surface area (Å²) in [5, 5.41) is 6.22. The molecule has 0 radical (unpaired) electrons. The first kappa shape index (κ1) is 21.6. The lowest BCUT2D eigenvalue weighted by Crippen LogP contribution is -2.28. The molecule has 0 fully saturated rings. The first-order valence-electron chi connectivity index (χ1n) is 10.4. The van der Waals surface area contributed by atoms with Gasteiger partial charge in [0.15, 0.2) is 4.34 Å². The van der Waals surface area contributed by atoms with Gasteiger partial charge in [0, 0.05) is 6.42 Å². The highest BCUT2D eigenvalue weighted by atomic mass is 32.2. The Morgan fingerprint density at radius 1 is 1.12 bits per heavy atom. The van der Waals surface area contributed by atoms with Gasteiger partial charge >= 0.3 is 0 Å². The van der Waals surface area contributed by atoms with Crippen LogP contribution in [-0.4, -0.2) is 34.5 Å². The quantitative estimate of drug-likeness (QED) is 0.324. The molecule has 1 aliphatic rings. The number of hydrogen-bond acceptors (Lipinski definition) is 6. The third-order valence-electron chi connectivity index (χ3n) is 5.44. The lowest BCUT2D eigenvalue weighted by Gasteiger charge is -2.21. The maximum atomic E-state index is 13.5. The van der Waals surface area contributed by atoms with Gasteiger partial charge in [0.05, 0.1) is 34.8 Å². The summed E-state index contributed by atoms with van der Waals surface area (Å²) in [5.74, 6) is 0.554. The molecule has 0 saturated carbocycles. The zero-order valence-electron chi connectivity index (χ0n) is 17.8. The van der Waals surface area contributed by atoms with E-state index in [9.17, 15) is 9.18 Å². The van der Waals surface area contributed by atoms with E-state index in [1.165, 1.54) is 28.9 Å². The zero-order chi connectivity index (χ0) is 22.8. The molecule has 4 aromatic rings. The molecule has 0 aliphatic carbocycles. The van der Waals surface area contributed by atoms with Gasteiger partial charge in [-0.2, -0.15) is 5.10 Å². The van der Waals surface area contributed by atoms with Gasteiger partial charge in [0.1, 0.15) is 11.6 Å². The Bertz CT molecular complexity index is 1290. The van der Waals surface area contributed by atoms with Gasteiger partial charge < -0.3 is 4.74 Å². The van der Waals surface area contributed by atoms with E-state index in [2.05, 4.69) is 10.1 Å². The predicted octanol–water partition coefficient (Wildman–Crippen LogP) is 5.91. The van der Waals surface area contributed by atoms with Crippen LogP contribution in [0.25, 0.3) is 10.2 Å². The molecule has 1 amide bonds. The summed E-state index contributed by atoms with van der Waals surface area (Å²) >= 11 is 2.99. The van der Waals surface area contributed by atoms with Crippen molar-refractivity contribution in [2.75, 3.05) is 12.9 Å². The van der Waals surface area contributed by atoms with E-state index < -0.39 is 0 Å². The van der Waals surface area contributed by atoms with Crippen molar-refractivity contribution in [1.29, 1.82) is 0 Å². The number of hydrazone groups is 1. The summed E-state index contributed by atoms with van der Waals surface area (Å²) in [7, 11) is 1.62. The third kappa shape index (κ3) is 4.62. The highest BCUT2D eigenvalue weighted by Crippen LogP contribution is 2.35. The summed E-state index contributed by atoms with van der Waals surface area (Å²) in [4.78, 5) is 17.8. The second-order valence-electron chi connectivity index (χ2n) is 7.52. The van der Waals surface area contributed by atoms with Crippen molar-refractivity contribution >= 4 is 44.9 Å². The van der Waals surface area contributed by atoms with E-state index >= 15 is 0 Å². The number of hydrogen-bond donors (Lipinski definition) is 0. The van der Waals surface area contributed by atoms with Gasteiger partial charge in [-0.05, 0) is 59.7 Å². The number of carbonyl (C=O) groups excluding carboxylic acids is 1. The third-order valence-corrected chi connectivity index (χ3v) is 7.60. The smallest absolute Gasteiger partial charge is 0.253 e. The molecular formula is C25H20FN3O2S2. The van der Waals surface area contributed by atoms with Crippen LogP contribution in [0.1, 0.15) is 23.6 Å². The molecule has 5 rings (SSSR count). The van der Waals surface area contributed by atoms with E-state index in [1.54, 1.807) is 30.6 Å². The van der Waals surface area contributed by atoms with Gasteiger partial charge in [0.2, 0.25) is 0 Å². The lowest BCUT2D eigenvalue weighted by molar-refractivity contribution is -0.130. The molecule has 8 heteroatoms. The normalized spacial score (nSPS) is 15.6. The SMILES string of the molecule is COc1ccc(C2=NN(C(=O)CSc3nc4ccccc4s3)[C@H](c3ccc(F)cc3)C2)cc1. The van der Waals surface area contributed by atoms with E-state index in [4.69, 9.17) is 4.74 Å². The topological polar surface area (TPSA) is 54.8 Å². The van der Waals surface area contributed by atoms with Gasteiger partial charge in [-0.15, -0.1) is 11.3 Å². The first-order valence-corrected chi connectivity index (χ1v) is 12.2. The number of rotatable bonds is 6. The molecule has 2 heterocycles. The van der Waals surface area contributed by atoms with Crippen molar-refractivity contribution in [3.05, 3.63) is 89.7 Å². The number of thiazole rings is 1. The first-order chi connectivity index (χ1) is 16.1. The van der Waals surface area contributed by atoms with Crippen LogP contribution in [0, 0.1) is 5.82 Å². The molecule has 33 heavy (non-hydrogen) atoms. The minimum atomic E-state index is -0.308. The van der Waals surface area contributed by atoms with Crippen LogP contribution in [0.5, 0.6) is 5.75 Å². The molecule has 0 unspecified atom stereocenters. The molecule has 0 spiro atoms. The summed E-state index contributed by atoms with van der Waals surface area (Å²) in [6, 6.07) is 21.5. The minimum Gasteiger partial charge on any atom is -0.497 e.